The predicted molar refractivity (Wildman–Crippen MR) is 77.7 cm³/mol. The quantitative estimate of drug-likeness (QED) is 0.638. The molecule has 110 valence electrons. The third kappa shape index (κ3) is 3.36. The molecule has 0 bridgehead atoms. The number of carboxylic acids is 1. The summed E-state index contributed by atoms with van der Waals surface area (Å²) < 4.78 is 0. The summed E-state index contributed by atoms with van der Waals surface area (Å²) >= 11 is 1.28. The van der Waals surface area contributed by atoms with E-state index < -0.39 is 11.9 Å². The number of thiazole rings is 1. The van der Waals surface area contributed by atoms with Crippen molar-refractivity contribution in [2.75, 3.05) is 5.32 Å². The van der Waals surface area contributed by atoms with Crippen molar-refractivity contribution in [3.05, 3.63) is 39.8 Å². The Bertz CT molecular complexity index is 696. The molecule has 0 radical (unpaired) electrons. The van der Waals surface area contributed by atoms with Gasteiger partial charge in [-0.1, -0.05) is 0 Å². The normalized spacial score (nSPS) is 11.9. The highest BCUT2D eigenvalue weighted by Crippen LogP contribution is 2.22. The van der Waals surface area contributed by atoms with Gasteiger partial charge in [-0.05, 0) is 25.1 Å². The number of nitrogens with zero attached hydrogens (tertiary/aromatic N) is 1. The van der Waals surface area contributed by atoms with Crippen LogP contribution in [0.3, 0.4) is 0 Å². The van der Waals surface area contributed by atoms with E-state index in [1.54, 1.807) is 12.3 Å². The van der Waals surface area contributed by atoms with E-state index in [4.69, 9.17) is 10.8 Å². The summed E-state index contributed by atoms with van der Waals surface area (Å²) in [6.45, 7) is 1.76. The van der Waals surface area contributed by atoms with Gasteiger partial charge in [0.1, 0.15) is 22.0 Å². The Morgan fingerprint density at radius 1 is 1.43 bits per heavy atom. The molecule has 1 atom stereocenters. The molecule has 0 spiro atoms. The standard InChI is InChI=1S/C13H13N3O4S/c1-6(14)12-16-9(5-21-12)11(18)15-7-2-3-10(17)8(4-7)13(19)20/h2-6,17H,14H2,1H3,(H,15,18)(H,19,20). The fraction of sp³-hybridized carbons (Fsp3) is 0.154. The molecule has 8 heteroatoms. The molecular weight excluding hydrogens is 294 g/mol. The van der Waals surface area contributed by atoms with E-state index in [1.165, 1.54) is 29.5 Å². The van der Waals surface area contributed by atoms with Crippen LogP contribution in [0.2, 0.25) is 0 Å². The molecule has 0 fully saturated rings. The molecule has 0 saturated heterocycles. The van der Waals surface area contributed by atoms with E-state index in [0.717, 1.165) is 0 Å². The summed E-state index contributed by atoms with van der Waals surface area (Å²) in [5.74, 6) is -2.12. The van der Waals surface area contributed by atoms with Crippen LogP contribution < -0.4 is 11.1 Å². The van der Waals surface area contributed by atoms with Crippen molar-refractivity contribution in [2.24, 2.45) is 5.73 Å². The summed E-state index contributed by atoms with van der Waals surface area (Å²) in [5.41, 5.74) is 5.84. The molecule has 0 aliphatic heterocycles. The van der Waals surface area contributed by atoms with Crippen LogP contribution in [0.25, 0.3) is 0 Å². The number of aromatic hydroxyl groups is 1. The lowest BCUT2D eigenvalue weighted by Crippen LogP contribution is -2.13. The van der Waals surface area contributed by atoms with Gasteiger partial charge >= 0.3 is 5.97 Å². The van der Waals surface area contributed by atoms with Gasteiger partial charge < -0.3 is 21.3 Å². The topological polar surface area (TPSA) is 126 Å². The monoisotopic (exact) mass is 307 g/mol. The summed E-state index contributed by atoms with van der Waals surface area (Å²) in [5, 5.41) is 23.0. The number of amides is 1. The molecule has 0 aliphatic rings. The van der Waals surface area contributed by atoms with Crippen LogP contribution in [0.15, 0.2) is 23.6 Å². The molecule has 1 aromatic heterocycles. The minimum Gasteiger partial charge on any atom is -0.507 e. The third-order valence-electron chi connectivity index (χ3n) is 2.63. The number of carbonyl (C=O) groups is 2. The van der Waals surface area contributed by atoms with Crippen molar-refractivity contribution >= 4 is 28.9 Å². The average molecular weight is 307 g/mol. The van der Waals surface area contributed by atoms with Crippen LogP contribution >= 0.6 is 11.3 Å². The highest BCUT2D eigenvalue weighted by atomic mass is 32.1. The van der Waals surface area contributed by atoms with Gasteiger partial charge in [-0.2, -0.15) is 0 Å². The number of benzene rings is 1. The Hall–Kier alpha value is -2.45. The number of phenols is 1. The van der Waals surface area contributed by atoms with Crippen molar-refractivity contribution in [2.45, 2.75) is 13.0 Å². The Morgan fingerprint density at radius 2 is 2.14 bits per heavy atom. The van der Waals surface area contributed by atoms with Gasteiger partial charge in [-0.15, -0.1) is 11.3 Å². The van der Waals surface area contributed by atoms with Gasteiger partial charge in [-0.3, -0.25) is 4.79 Å². The maximum absolute atomic E-state index is 12.0. The first-order valence-corrected chi connectivity index (χ1v) is 6.85. The first kappa shape index (κ1) is 14.9. The molecule has 0 saturated carbocycles. The molecule has 21 heavy (non-hydrogen) atoms. The van der Waals surface area contributed by atoms with Crippen LogP contribution in [-0.2, 0) is 0 Å². The highest BCUT2D eigenvalue weighted by molar-refractivity contribution is 7.09. The molecule has 1 unspecified atom stereocenters. The van der Waals surface area contributed by atoms with E-state index in [2.05, 4.69) is 10.3 Å². The minimum atomic E-state index is -1.28. The van der Waals surface area contributed by atoms with E-state index in [-0.39, 0.29) is 28.7 Å². The van der Waals surface area contributed by atoms with Crippen molar-refractivity contribution in [3.63, 3.8) is 0 Å². The average Bonchev–Trinajstić information content (AvgIpc) is 2.90. The molecule has 1 amide bonds. The van der Waals surface area contributed by atoms with Gasteiger partial charge in [-0.25, -0.2) is 9.78 Å². The van der Waals surface area contributed by atoms with Crippen LogP contribution in [0, 0.1) is 0 Å². The highest BCUT2D eigenvalue weighted by Gasteiger charge is 2.15. The van der Waals surface area contributed by atoms with E-state index >= 15 is 0 Å². The lowest BCUT2D eigenvalue weighted by Gasteiger charge is -2.06. The maximum Gasteiger partial charge on any atom is 0.339 e. The Morgan fingerprint density at radius 3 is 2.71 bits per heavy atom. The van der Waals surface area contributed by atoms with E-state index in [9.17, 15) is 14.7 Å². The van der Waals surface area contributed by atoms with Crippen molar-refractivity contribution in [1.29, 1.82) is 0 Å². The fourth-order valence-corrected chi connectivity index (χ4v) is 2.34. The second-order valence-electron chi connectivity index (χ2n) is 4.35. The lowest BCUT2D eigenvalue weighted by atomic mass is 10.2. The van der Waals surface area contributed by atoms with Crippen molar-refractivity contribution in [1.82, 2.24) is 4.98 Å². The van der Waals surface area contributed by atoms with Gasteiger partial charge in [0.25, 0.3) is 5.91 Å². The number of anilines is 1. The Balaban J connectivity index is 2.19. The lowest BCUT2D eigenvalue weighted by molar-refractivity contribution is 0.0693. The second-order valence-corrected chi connectivity index (χ2v) is 5.24. The summed E-state index contributed by atoms with van der Waals surface area (Å²) in [6, 6.07) is 3.52. The number of hydrogen-bond donors (Lipinski definition) is 4. The number of carbonyl (C=O) groups excluding carboxylic acids is 1. The van der Waals surface area contributed by atoms with Gasteiger partial charge in [0.05, 0.1) is 6.04 Å². The summed E-state index contributed by atoms with van der Waals surface area (Å²) in [4.78, 5) is 27.0. The first-order valence-electron chi connectivity index (χ1n) is 5.97. The number of rotatable bonds is 4. The number of nitrogens with two attached hydrogens (primary N) is 1. The van der Waals surface area contributed by atoms with Crippen molar-refractivity contribution < 1.29 is 19.8 Å². The SMILES string of the molecule is CC(N)c1nc(C(=O)Nc2ccc(O)c(C(=O)O)c2)cs1. The van der Waals surface area contributed by atoms with E-state index in [0.29, 0.717) is 5.01 Å². The molecule has 5 N–H and O–H groups in total. The molecule has 1 aromatic carbocycles. The van der Waals surface area contributed by atoms with Crippen LogP contribution in [0.1, 0.15) is 38.8 Å². The summed E-state index contributed by atoms with van der Waals surface area (Å²) in [6.07, 6.45) is 0. The smallest absolute Gasteiger partial charge is 0.339 e. The molecule has 2 rings (SSSR count). The number of aromatic nitrogens is 1. The molecule has 0 aliphatic carbocycles. The molecular formula is C13H13N3O4S. The zero-order valence-corrected chi connectivity index (χ0v) is 11.8. The van der Waals surface area contributed by atoms with E-state index in [1.807, 2.05) is 0 Å². The van der Waals surface area contributed by atoms with Crippen LogP contribution in [0.4, 0.5) is 5.69 Å². The maximum atomic E-state index is 12.0. The first-order chi connectivity index (χ1) is 9.88. The summed E-state index contributed by atoms with van der Waals surface area (Å²) in [7, 11) is 0. The Labute approximate surface area is 124 Å². The molecule has 2 aromatic rings. The van der Waals surface area contributed by atoms with Gasteiger partial charge in [0, 0.05) is 11.1 Å². The second kappa shape index (κ2) is 5.90. The number of aromatic carboxylic acids is 1. The number of hydrogen-bond acceptors (Lipinski definition) is 6. The van der Waals surface area contributed by atoms with Crippen LogP contribution in [0.5, 0.6) is 5.75 Å². The number of carboxylic acid groups (broad SMARTS) is 1. The largest absolute Gasteiger partial charge is 0.507 e. The zero-order chi connectivity index (χ0) is 15.6. The Kier molecular flexibility index (Phi) is 4.20. The van der Waals surface area contributed by atoms with Crippen molar-refractivity contribution in [3.8, 4) is 5.75 Å². The van der Waals surface area contributed by atoms with Crippen LogP contribution in [-0.4, -0.2) is 27.1 Å². The number of nitrogens with one attached hydrogen (secondary N) is 1. The minimum absolute atomic E-state index is 0.206. The molecule has 1 heterocycles. The fourth-order valence-electron chi connectivity index (χ4n) is 1.58. The van der Waals surface area contributed by atoms with Gasteiger partial charge in [0.2, 0.25) is 0 Å². The zero-order valence-electron chi connectivity index (χ0n) is 11.0. The predicted octanol–water partition coefficient (Wildman–Crippen LogP) is 1.82. The third-order valence-corrected chi connectivity index (χ3v) is 3.67. The molecule has 7 nitrogen and oxygen atoms in total. The van der Waals surface area contributed by atoms with Gasteiger partial charge in [0.15, 0.2) is 0 Å².